The van der Waals surface area contributed by atoms with Crippen LogP contribution in [0.4, 0.5) is 5.82 Å². The predicted molar refractivity (Wildman–Crippen MR) is 61.0 cm³/mol. The highest BCUT2D eigenvalue weighted by molar-refractivity contribution is 5.39. The van der Waals surface area contributed by atoms with Gasteiger partial charge in [0.2, 0.25) is 0 Å². The van der Waals surface area contributed by atoms with E-state index in [-0.39, 0.29) is 0 Å². The predicted octanol–water partition coefficient (Wildman–Crippen LogP) is 2.84. The van der Waals surface area contributed by atoms with Crippen LogP contribution in [0.3, 0.4) is 0 Å². The highest BCUT2D eigenvalue weighted by Gasteiger charge is 2.13. The SMILES string of the molecule is CC.CC(C)C(C)c1cncnc1N. The third kappa shape index (κ3) is 3.32. The van der Waals surface area contributed by atoms with Gasteiger partial charge in [-0.2, -0.15) is 0 Å². The molecule has 1 unspecified atom stereocenters. The summed E-state index contributed by atoms with van der Waals surface area (Å²) in [5, 5.41) is 0. The van der Waals surface area contributed by atoms with Crippen molar-refractivity contribution in [2.75, 3.05) is 5.73 Å². The second-order valence-corrected chi connectivity index (χ2v) is 3.40. The molecule has 1 aromatic heterocycles. The van der Waals surface area contributed by atoms with E-state index in [9.17, 15) is 0 Å². The van der Waals surface area contributed by atoms with Gasteiger partial charge in [0.25, 0.3) is 0 Å². The Morgan fingerprint density at radius 2 is 1.79 bits per heavy atom. The lowest BCUT2D eigenvalue weighted by atomic mass is 9.92. The van der Waals surface area contributed by atoms with E-state index in [1.165, 1.54) is 6.33 Å². The van der Waals surface area contributed by atoms with E-state index in [4.69, 9.17) is 5.73 Å². The van der Waals surface area contributed by atoms with E-state index in [1.807, 2.05) is 13.8 Å². The molecule has 0 bridgehead atoms. The van der Waals surface area contributed by atoms with Crippen molar-refractivity contribution in [1.82, 2.24) is 9.97 Å². The molecule has 0 saturated heterocycles. The number of aromatic nitrogens is 2. The van der Waals surface area contributed by atoms with Crippen LogP contribution in [0, 0.1) is 5.92 Å². The summed E-state index contributed by atoms with van der Waals surface area (Å²) in [5.41, 5.74) is 6.76. The van der Waals surface area contributed by atoms with E-state index < -0.39 is 0 Å². The van der Waals surface area contributed by atoms with Crippen LogP contribution in [0.2, 0.25) is 0 Å². The van der Waals surface area contributed by atoms with Crippen molar-refractivity contribution in [3.8, 4) is 0 Å². The van der Waals surface area contributed by atoms with Crippen LogP contribution in [0.25, 0.3) is 0 Å². The number of nitrogens with zero attached hydrogens (tertiary/aromatic N) is 2. The van der Waals surface area contributed by atoms with Gasteiger partial charge < -0.3 is 5.73 Å². The second kappa shape index (κ2) is 6.35. The standard InChI is InChI=1S/C9H15N3.C2H6/c1-6(2)7(3)8-4-11-5-12-9(8)10;1-2/h4-7H,1-3H3,(H2,10,11,12);1-2H3. The first kappa shape index (κ1) is 12.9. The van der Waals surface area contributed by atoms with Crippen LogP contribution in [0.5, 0.6) is 0 Å². The van der Waals surface area contributed by atoms with Crippen LogP contribution < -0.4 is 5.73 Å². The summed E-state index contributed by atoms with van der Waals surface area (Å²) in [7, 11) is 0. The van der Waals surface area contributed by atoms with E-state index in [2.05, 4.69) is 30.7 Å². The first-order valence-electron chi connectivity index (χ1n) is 5.18. The fourth-order valence-corrected chi connectivity index (χ4v) is 1.06. The van der Waals surface area contributed by atoms with Crippen LogP contribution in [-0.4, -0.2) is 9.97 Å². The largest absolute Gasteiger partial charge is 0.383 e. The molecule has 1 atom stereocenters. The summed E-state index contributed by atoms with van der Waals surface area (Å²) in [5.74, 6) is 1.59. The Morgan fingerprint density at radius 1 is 1.21 bits per heavy atom. The van der Waals surface area contributed by atoms with Gasteiger partial charge >= 0.3 is 0 Å². The summed E-state index contributed by atoms with van der Waals surface area (Å²) in [6, 6.07) is 0. The van der Waals surface area contributed by atoms with Crippen molar-refractivity contribution in [2.24, 2.45) is 5.92 Å². The molecule has 3 heteroatoms. The molecule has 1 rings (SSSR count). The van der Waals surface area contributed by atoms with Gasteiger partial charge in [-0.3, -0.25) is 0 Å². The van der Waals surface area contributed by atoms with Gasteiger partial charge in [-0.15, -0.1) is 0 Å². The summed E-state index contributed by atoms with van der Waals surface area (Å²) < 4.78 is 0. The summed E-state index contributed by atoms with van der Waals surface area (Å²) in [6.45, 7) is 10.5. The van der Waals surface area contributed by atoms with Gasteiger partial charge in [0.15, 0.2) is 0 Å². The highest BCUT2D eigenvalue weighted by atomic mass is 14.9. The molecule has 3 nitrogen and oxygen atoms in total. The Labute approximate surface area is 86.8 Å². The topological polar surface area (TPSA) is 51.8 Å². The molecule has 0 fully saturated rings. The average Bonchev–Trinajstić information content (AvgIpc) is 2.20. The van der Waals surface area contributed by atoms with E-state index in [0.717, 1.165) is 5.56 Å². The fourth-order valence-electron chi connectivity index (χ4n) is 1.06. The molecule has 0 saturated carbocycles. The van der Waals surface area contributed by atoms with Crippen LogP contribution in [-0.2, 0) is 0 Å². The molecule has 0 radical (unpaired) electrons. The van der Waals surface area contributed by atoms with Crippen molar-refractivity contribution in [3.05, 3.63) is 18.1 Å². The minimum Gasteiger partial charge on any atom is -0.383 e. The monoisotopic (exact) mass is 195 g/mol. The molecule has 80 valence electrons. The number of rotatable bonds is 2. The highest BCUT2D eigenvalue weighted by Crippen LogP contribution is 2.25. The first-order chi connectivity index (χ1) is 6.63. The van der Waals surface area contributed by atoms with Crippen molar-refractivity contribution in [2.45, 2.75) is 40.5 Å². The van der Waals surface area contributed by atoms with Crippen molar-refractivity contribution in [3.63, 3.8) is 0 Å². The molecular weight excluding hydrogens is 174 g/mol. The molecule has 0 spiro atoms. The molecule has 1 aromatic rings. The summed E-state index contributed by atoms with van der Waals surface area (Å²) >= 11 is 0. The Morgan fingerprint density at radius 3 is 2.21 bits per heavy atom. The second-order valence-electron chi connectivity index (χ2n) is 3.40. The number of hydrogen-bond acceptors (Lipinski definition) is 3. The van der Waals surface area contributed by atoms with E-state index >= 15 is 0 Å². The zero-order valence-corrected chi connectivity index (χ0v) is 9.78. The maximum Gasteiger partial charge on any atom is 0.130 e. The van der Waals surface area contributed by atoms with Crippen molar-refractivity contribution in [1.29, 1.82) is 0 Å². The number of anilines is 1. The molecule has 0 aromatic carbocycles. The summed E-state index contributed by atoms with van der Waals surface area (Å²) in [6.07, 6.45) is 3.28. The van der Waals surface area contributed by atoms with Crippen LogP contribution >= 0.6 is 0 Å². The maximum atomic E-state index is 5.71. The molecule has 0 aliphatic carbocycles. The van der Waals surface area contributed by atoms with Gasteiger partial charge in [-0.1, -0.05) is 34.6 Å². The van der Waals surface area contributed by atoms with Gasteiger partial charge in [-0.05, 0) is 11.8 Å². The van der Waals surface area contributed by atoms with Gasteiger partial charge in [0.05, 0.1) is 0 Å². The smallest absolute Gasteiger partial charge is 0.130 e. The van der Waals surface area contributed by atoms with E-state index in [0.29, 0.717) is 17.7 Å². The molecule has 0 amide bonds. The molecule has 14 heavy (non-hydrogen) atoms. The third-order valence-electron chi connectivity index (χ3n) is 2.26. The van der Waals surface area contributed by atoms with Crippen molar-refractivity contribution >= 4 is 5.82 Å². The Hall–Kier alpha value is -1.12. The lowest BCUT2D eigenvalue weighted by Gasteiger charge is -2.16. The molecule has 1 heterocycles. The Bertz CT molecular complexity index is 258. The molecule has 2 N–H and O–H groups in total. The zero-order valence-electron chi connectivity index (χ0n) is 9.78. The number of nitrogen functional groups attached to an aromatic ring is 1. The quantitative estimate of drug-likeness (QED) is 0.789. The third-order valence-corrected chi connectivity index (χ3v) is 2.26. The molecule has 0 aliphatic rings. The van der Waals surface area contributed by atoms with Gasteiger partial charge in [-0.25, -0.2) is 9.97 Å². The zero-order chi connectivity index (χ0) is 11.1. The average molecular weight is 195 g/mol. The Balaban J connectivity index is 0.000000791. The minimum absolute atomic E-state index is 0.422. The van der Waals surface area contributed by atoms with E-state index in [1.54, 1.807) is 6.20 Å². The number of hydrogen-bond donors (Lipinski definition) is 1. The number of nitrogens with two attached hydrogens (primary N) is 1. The lowest BCUT2D eigenvalue weighted by Crippen LogP contribution is -2.07. The maximum absolute atomic E-state index is 5.71. The summed E-state index contributed by atoms with van der Waals surface area (Å²) in [4.78, 5) is 7.91. The molecular formula is C11H21N3. The minimum atomic E-state index is 0.422. The van der Waals surface area contributed by atoms with Gasteiger partial charge in [0.1, 0.15) is 12.1 Å². The van der Waals surface area contributed by atoms with Crippen LogP contribution in [0.1, 0.15) is 46.1 Å². The normalized spacial score (nSPS) is 11.9. The van der Waals surface area contributed by atoms with Gasteiger partial charge in [0, 0.05) is 11.8 Å². The lowest BCUT2D eigenvalue weighted by molar-refractivity contribution is 0.533. The molecule has 0 aliphatic heterocycles. The van der Waals surface area contributed by atoms with Crippen molar-refractivity contribution < 1.29 is 0 Å². The fraction of sp³-hybridized carbons (Fsp3) is 0.636. The van der Waals surface area contributed by atoms with Crippen LogP contribution in [0.15, 0.2) is 12.5 Å². The Kier molecular flexibility index (Phi) is 5.84. The first-order valence-corrected chi connectivity index (χ1v) is 5.18.